The third kappa shape index (κ3) is 8.32. The van der Waals surface area contributed by atoms with E-state index in [9.17, 15) is 14.4 Å². The zero-order chi connectivity index (χ0) is 30.0. The highest BCUT2D eigenvalue weighted by molar-refractivity contribution is 8.00. The Kier molecular flexibility index (Phi) is 9.85. The molecule has 0 aliphatic rings. The van der Waals surface area contributed by atoms with Gasteiger partial charge in [-0.25, -0.2) is 0 Å². The number of anilines is 1. The van der Waals surface area contributed by atoms with Gasteiger partial charge < -0.3 is 10.6 Å². The summed E-state index contributed by atoms with van der Waals surface area (Å²) < 4.78 is 0. The Morgan fingerprint density at radius 1 is 0.674 bits per heavy atom. The average Bonchev–Trinajstić information content (AvgIpc) is 3.05. The Bertz CT molecular complexity index is 1750. The van der Waals surface area contributed by atoms with E-state index in [2.05, 4.69) is 10.6 Å². The summed E-state index contributed by atoms with van der Waals surface area (Å²) in [4.78, 5) is 39.9. The molecule has 0 unspecified atom stereocenters. The molecule has 2 N–H and O–H groups in total. The predicted molar refractivity (Wildman–Crippen MR) is 175 cm³/mol. The lowest BCUT2D eigenvalue weighted by molar-refractivity contribution is -0.113. The van der Waals surface area contributed by atoms with Crippen molar-refractivity contribution < 1.29 is 14.4 Å². The molecule has 5 aromatic carbocycles. The lowest BCUT2D eigenvalue weighted by Crippen LogP contribution is -2.30. The molecular weight excluding hydrogens is 576 g/mol. The minimum atomic E-state index is -0.476. The van der Waals surface area contributed by atoms with E-state index in [1.54, 1.807) is 72.8 Å². The van der Waals surface area contributed by atoms with Gasteiger partial charge in [-0.1, -0.05) is 90.5 Å². The molecule has 5 rings (SSSR count). The van der Waals surface area contributed by atoms with Crippen LogP contribution in [0.1, 0.15) is 26.3 Å². The highest BCUT2D eigenvalue weighted by Gasteiger charge is 2.16. The molecule has 0 aromatic heterocycles. The maximum absolute atomic E-state index is 13.5. The number of benzene rings is 5. The molecule has 0 bridgehead atoms. The third-order valence-electron chi connectivity index (χ3n) is 6.49. The first-order chi connectivity index (χ1) is 20.9. The van der Waals surface area contributed by atoms with Crippen molar-refractivity contribution in [2.24, 2.45) is 0 Å². The van der Waals surface area contributed by atoms with Gasteiger partial charge in [0, 0.05) is 26.7 Å². The topological polar surface area (TPSA) is 75.3 Å². The number of hydrogen-bond acceptors (Lipinski definition) is 4. The minimum absolute atomic E-state index is 0.0248. The lowest BCUT2D eigenvalue weighted by Gasteiger charge is -2.12. The number of ketones is 1. The van der Waals surface area contributed by atoms with Gasteiger partial charge in [-0.2, -0.15) is 0 Å². The second kappa shape index (κ2) is 14.3. The number of hydrogen-bond donors (Lipinski definition) is 2. The van der Waals surface area contributed by atoms with Crippen LogP contribution in [0.4, 0.5) is 5.69 Å². The van der Waals surface area contributed by atoms with Crippen LogP contribution in [0.3, 0.4) is 0 Å². The number of rotatable bonds is 10. The molecule has 0 atom stereocenters. The summed E-state index contributed by atoms with van der Waals surface area (Å²) in [5, 5.41) is 6.24. The van der Waals surface area contributed by atoms with Gasteiger partial charge >= 0.3 is 0 Å². The summed E-state index contributed by atoms with van der Waals surface area (Å²) in [5.41, 5.74) is 4.53. The Balaban J connectivity index is 1.32. The number of thioether (sulfide) groups is 1. The summed E-state index contributed by atoms with van der Waals surface area (Å²) in [6, 6.07) is 40.5. The molecule has 0 saturated carbocycles. The molecule has 0 spiro atoms. The fourth-order valence-corrected chi connectivity index (χ4v) is 5.22. The zero-order valence-electron chi connectivity index (χ0n) is 23.0. The fourth-order valence-electron chi connectivity index (χ4n) is 4.24. The number of amides is 2. The van der Waals surface area contributed by atoms with Gasteiger partial charge in [0.05, 0.1) is 5.75 Å². The Morgan fingerprint density at radius 2 is 1.33 bits per heavy atom. The molecule has 0 aliphatic heterocycles. The molecule has 2 amide bonds. The molecule has 0 fully saturated rings. The van der Waals surface area contributed by atoms with Crippen LogP contribution in [0.15, 0.2) is 144 Å². The predicted octanol–water partition coefficient (Wildman–Crippen LogP) is 8.39. The van der Waals surface area contributed by atoms with Crippen molar-refractivity contribution in [3.05, 3.63) is 161 Å². The fraction of sp³-hybridized carbons (Fsp3) is 0.0278. The van der Waals surface area contributed by atoms with Crippen molar-refractivity contribution in [1.82, 2.24) is 5.32 Å². The van der Waals surface area contributed by atoms with Crippen LogP contribution in [-0.2, 0) is 4.79 Å². The maximum Gasteiger partial charge on any atom is 0.272 e. The maximum atomic E-state index is 13.5. The molecule has 5 nitrogen and oxygen atoms in total. The Labute approximate surface area is 259 Å². The second-order valence-corrected chi connectivity index (χ2v) is 11.1. The second-order valence-electron chi connectivity index (χ2n) is 9.57. The van der Waals surface area contributed by atoms with Crippen molar-refractivity contribution >= 4 is 52.7 Å². The van der Waals surface area contributed by atoms with E-state index in [0.717, 1.165) is 21.6 Å². The van der Waals surface area contributed by atoms with Crippen molar-refractivity contribution in [3.8, 4) is 11.1 Å². The summed E-state index contributed by atoms with van der Waals surface area (Å²) in [6.45, 7) is 0. The highest BCUT2D eigenvalue weighted by atomic mass is 35.5. The van der Waals surface area contributed by atoms with E-state index < -0.39 is 11.8 Å². The first kappa shape index (κ1) is 29.6. The largest absolute Gasteiger partial charge is 0.321 e. The summed E-state index contributed by atoms with van der Waals surface area (Å²) >= 11 is 7.29. The molecule has 0 aliphatic carbocycles. The van der Waals surface area contributed by atoms with E-state index in [4.69, 9.17) is 11.6 Å². The Hall–Kier alpha value is -4.91. The molecule has 0 radical (unpaired) electrons. The Morgan fingerprint density at radius 3 is 2.02 bits per heavy atom. The van der Waals surface area contributed by atoms with E-state index in [1.807, 2.05) is 66.7 Å². The van der Waals surface area contributed by atoms with Crippen molar-refractivity contribution in [2.75, 3.05) is 11.1 Å². The first-order valence-corrected chi connectivity index (χ1v) is 14.9. The molecule has 43 heavy (non-hydrogen) atoms. The van der Waals surface area contributed by atoms with Crippen LogP contribution in [0, 0.1) is 0 Å². The number of nitrogens with one attached hydrogen (secondary N) is 2. The molecule has 7 heteroatoms. The summed E-state index contributed by atoms with van der Waals surface area (Å²) in [6.07, 6.45) is 1.65. The number of carbonyl (C=O) groups is 3. The van der Waals surface area contributed by atoms with Crippen molar-refractivity contribution in [1.29, 1.82) is 0 Å². The van der Waals surface area contributed by atoms with Gasteiger partial charge in [0.1, 0.15) is 5.70 Å². The molecule has 5 aromatic rings. The van der Waals surface area contributed by atoms with Crippen LogP contribution >= 0.6 is 23.4 Å². The average molecular weight is 603 g/mol. The smallest absolute Gasteiger partial charge is 0.272 e. The van der Waals surface area contributed by atoms with E-state index in [-0.39, 0.29) is 17.2 Å². The monoisotopic (exact) mass is 602 g/mol. The molecule has 212 valence electrons. The molecule has 0 heterocycles. The van der Waals surface area contributed by atoms with Gasteiger partial charge in [-0.3, -0.25) is 14.4 Å². The van der Waals surface area contributed by atoms with Gasteiger partial charge in [-0.05, 0) is 77.4 Å². The van der Waals surface area contributed by atoms with Gasteiger partial charge in [0.2, 0.25) is 0 Å². The molecule has 0 saturated heterocycles. The standard InChI is InChI=1S/C36H27ClN2O3S/c37-30-20-18-28(19-21-30)34(40)24-43-32-13-7-12-31(23-32)38-36(42)33(39-35(41)29-10-5-2-6-11-29)22-25-14-16-27(17-15-25)26-8-3-1-4-9-26/h1-23H,24H2,(H,38,42)(H,39,41)/b33-22-. The van der Waals surface area contributed by atoms with E-state index in [0.29, 0.717) is 21.8 Å². The van der Waals surface area contributed by atoms with Crippen LogP contribution in [0.2, 0.25) is 5.02 Å². The zero-order valence-corrected chi connectivity index (χ0v) is 24.6. The summed E-state index contributed by atoms with van der Waals surface area (Å²) in [7, 11) is 0. The normalized spacial score (nSPS) is 11.0. The van der Waals surface area contributed by atoms with Crippen LogP contribution in [0.5, 0.6) is 0 Å². The van der Waals surface area contributed by atoms with Crippen LogP contribution < -0.4 is 10.6 Å². The quantitative estimate of drug-likeness (QED) is 0.0956. The third-order valence-corrected chi connectivity index (χ3v) is 7.73. The van der Waals surface area contributed by atoms with Gasteiger partial charge in [-0.15, -0.1) is 11.8 Å². The molecular formula is C36H27ClN2O3S. The van der Waals surface area contributed by atoms with Crippen LogP contribution in [-0.4, -0.2) is 23.4 Å². The SMILES string of the molecule is O=C(Nc1cccc(SCC(=O)c2ccc(Cl)cc2)c1)/C(=C/c1ccc(-c2ccccc2)cc1)NC(=O)c1ccccc1. The van der Waals surface area contributed by atoms with Gasteiger partial charge in [0.25, 0.3) is 11.8 Å². The lowest BCUT2D eigenvalue weighted by atomic mass is 10.0. The van der Waals surface area contributed by atoms with Gasteiger partial charge in [0.15, 0.2) is 5.78 Å². The number of Topliss-reactive ketones (excluding diaryl/α,β-unsaturated/α-hetero) is 1. The van der Waals surface area contributed by atoms with Crippen LogP contribution in [0.25, 0.3) is 17.2 Å². The van der Waals surface area contributed by atoms with E-state index >= 15 is 0 Å². The highest BCUT2D eigenvalue weighted by Crippen LogP contribution is 2.24. The number of carbonyl (C=O) groups excluding carboxylic acids is 3. The minimum Gasteiger partial charge on any atom is -0.321 e. The summed E-state index contributed by atoms with van der Waals surface area (Å²) in [5.74, 6) is -0.664. The van der Waals surface area contributed by atoms with Crippen molar-refractivity contribution in [3.63, 3.8) is 0 Å². The number of halogens is 1. The van der Waals surface area contributed by atoms with Crippen molar-refractivity contribution in [2.45, 2.75) is 4.90 Å². The van der Waals surface area contributed by atoms with E-state index in [1.165, 1.54) is 11.8 Å². The first-order valence-electron chi connectivity index (χ1n) is 13.5.